The third-order valence-electron chi connectivity index (χ3n) is 6.03. The van der Waals surface area contributed by atoms with Crippen LogP contribution in [0.2, 0.25) is 0 Å². The van der Waals surface area contributed by atoms with Crippen LogP contribution < -0.4 is 15.5 Å². The van der Waals surface area contributed by atoms with E-state index in [2.05, 4.69) is 10.6 Å². The highest BCUT2D eigenvalue weighted by Gasteiger charge is 2.33. The molecule has 1 atom stereocenters. The van der Waals surface area contributed by atoms with Gasteiger partial charge in [0.25, 0.3) is 5.91 Å². The van der Waals surface area contributed by atoms with E-state index in [0.717, 1.165) is 35.4 Å². The lowest BCUT2D eigenvalue weighted by Crippen LogP contribution is -2.47. The Bertz CT molecular complexity index is 979. The second-order valence-electron chi connectivity index (χ2n) is 8.08. The van der Waals surface area contributed by atoms with Gasteiger partial charge in [-0.05, 0) is 37.5 Å². The van der Waals surface area contributed by atoms with E-state index in [-0.39, 0.29) is 5.91 Å². The fourth-order valence-electron chi connectivity index (χ4n) is 4.34. The monoisotopic (exact) mass is 404 g/mol. The zero-order valence-corrected chi connectivity index (χ0v) is 17.5. The lowest BCUT2D eigenvalue weighted by Gasteiger charge is -2.25. The van der Waals surface area contributed by atoms with Crippen molar-refractivity contribution in [3.8, 4) is 0 Å². The quantitative estimate of drug-likeness (QED) is 0.791. The lowest BCUT2D eigenvalue weighted by molar-refractivity contribution is -0.119. The van der Waals surface area contributed by atoms with Gasteiger partial charge in [0.05, 0.1) is 11.4 Å². The number of anilines is 2. The summed E-state index contributed by atoms with van der Waals surface area (Å²) in [5.41, 5.74) is 4.43. The Morgan fingerprint density at radius 3 is 2.50 bits per heavy atom. The number of carbonyl (C=O) groups is 2. The topological polar surface area (TPSA) is 73.8 Å². The van der Waals surface area contributed by atoms with E-state index in [1.807, 2.05) is 55.5 Å². The van der Waals surface area contributed by atoms with E-state index in [0.29, 0.717) is 11.6 Å². The number of rotatable bonds is 3. The average molecular weight is 405 g/mol. The second-order valence-corrected chi connectivity index (χ2v) is 8.08. The molecule has 2 aliphatic rings. The summed E-state index contributed by atoms with van der Waals surface area (Å²) in [5.74, 6) is 0.0659. The van der Waals surface area contributed by atoms with Crippen LogP contribution in [0.15, 0.2) is 53.5 Å². The molecule has 1 heterocycles. The largest absolute Gasteiger partial charge is 0.321 e. The molecule has 6 nitrogen and oxygen atoms in total. The molecular weight excluding hydrogens is 376 g/mol. The number of hydrogen-bond donors (Lipinski definition) is 2. The molecular formula is C24H28N4O2. The first-order valence-electron chi connectivity index (χ1n) is 10.6. The second kappa shape index (κ2) is 8.69. The molecule has 156 valence electrons. The van der Waals surface area contributed by atoms with Crippen LogP contribution in [0.25, 0.3) is 0 Å². The highest BCUT2D eigenvalue weighted by Crippen LogP contribution is 2.33. The van der Waals surface area contributed by atoms with Gasteiger partial charge in [0.1, 0.15) is 0 Å². The molecule has 1 unspecified atom stereocenters. The first-order chi connectivity index (χ1) is 14.5. The van der Waals surface area contributed by atoms with Gasteiger partial charge in [-0.1, -0.05) is 55.7 Å². The molecule has 1 saturated carbocycles. The van der Waals surface area contributed by atoms with Crippen LogP contribution in [-0.4, -0.2) is 30.9 Å². The Balaban J connectivity index is 1.64. The predicted octanol–water partition coefficient (Wildman–Crippen LogP) is 4.49. The number of hydrogen-bond acceptors (Lipinski definition) is 3. The van der Waals surface area contributed by atoms with Gasteiger partial charge in [-0.15, -0.1) is 0 Å². The number of nitrogens with one attached hydrogen (secondary N) is 2. The summed E-state index contributed by atoms with van der Waals surface area (Å²) in [4.78, 5) is 32.3. The van der Waals surface area contributed by atoms with Crippen molar-refractivity contribution in [2.45, 2.75) is 45.2 Å². The maximum absolute atomic E-state index is 13.2. The zero-order chi connectivity index (χ0) is 21.1. The number of benzene rings is 2. The van der Waals surface area contributed by atoms with Gasteiger partial charge < -0.3 is 15.5 Å². The molecule has 2 aromatic carbocycles. The Hall–Kier alpha value is -3.15. The first kappa shape index (κ1) is 20.1. The Labute approximate surface area is 177 Å². The average Bonchev–Trinajstić information content (AvgIpc) is 2.87. The van der Waals surface area contributed by atoms with Crippen molar-refractivity contribution in [2.24, 2.45) is 10.9 Å². The van der Waals surface area contributed by atoms with E-state index in [1.165, 1.54) is 19.3 Å². The molecule has 1 fully saturated rings. The van der Waals surface area contributed by atoms with Crippen LogP contribution in [0.1, 0.15) is 43.2 Å². The SMILES string of the molecule is Cc1ccccc1NC(=O)NC1N=C(C2CCCCC2)c2ccccc2N(C)C1=O. The van der Waals surface area contributed by atoms with Crippen LogP contribution in [0.3, 0.4) is 0 Å². The summed E-state index contributed by atoms with van der Waals surface area (Å²) >= 11 is 0. The molecule has 4 rings (SSSR count). The van der Waals surface area contributed by atoms with E-state index < -0.39 is 12.2 Å². The minimum Gasteiger partial charge on any atom is -0.311 e. The number of carbonyl (C=O) groups excluding carboxylic acids is 2. The number of urea groups is 1. The third kappa shape index (κ3) is 4.08. The molecule has 0 radical (unpaired) electrons. The van der Waals surface area contributed by atoms with Gasteiger partial charge in [0, 0.05) is 24.2 Å². The number of aliphatic imine (C=N–C) groups is 1. The number of likely N-dealkylation sites (N-methyl/N-ethyl adjacent to an activating group) is 1. The molecule has 0 bridgehead atoms. The van der Waals surface area contributed by atoms with E-state index in [4.69, 9.17) is 4.99 Å². The van der Waals surface area contributed by atoms with E-state index in [9.17, 15) is 9.59 Å². The molecule has 2 N–H and O–H groups in total. The summed E-state index contributed by atoms with van der Waals surface area (Å²) in [6, 6.07) is 15.0. The van der Waals surface area contributed by atoms with Crippen molar-refractivity contribution in [2.75, 3.05) is 17.3 Å². The van der Waals surface area contributed by atoms with Gasteiger partial charge in [-0.25, -0.2) is 4.79 Å². The number of nitrogens with zero attached hydrogens (tertiary/aromatic N) is 2. The van der Waals surface area contributed by atoms with E-state index >= 15 is 0 Å². The minimum atomic E-state index is -0.955. The van der Waals surface area contributed by atoms with Gasteiger partial charge in [-0.3, -0.25) is 9.79 Å². The van der Waals surface area contributed by atoms with Crippen molar-refractivity contribution in [1.82, 2.24) is 5.32 Å². The highest BCUT2D eigenvalue weighted by atomic mass is 16.2. The Morgan fingerprint density at radius 1 is 1.03 bits per heavy atom. The summed E-state index contributed by atoms with van der Waals surface area (Å²) in [5, 5.41) is 5.63. The lowest BCUT2D eigenvalue weighted by atomic mass is 9.83. The smallest absolute Gasteiger partial charge is 0.311 e. The van der Waals surface area contributed by atoms with Gasteiger partial charge in [-0.2, -0.15) is 0 Å². The minimum absolute atomic E-state index is 0.242. The molecule has 30 heavy (non-hydrogen) atoms. The maximum Gasteiger partial charge on any atom is 0.321 e. The van der Waals surface area contributed by atoms with Crippen LogP contribution >= 0.6 is 0 Å². The predicted molar refractivity (Wildman–Crippen MR) is 120 cm³/mol. The molecule has 0 aromatic heterocycles. The van der Waals surface area contributed by atoms with Crippen LogP contribution in [0.4, 0.5) is 16.2 Å². The molecule has 2 aromatic rings. The fourth-order valence-corrected chi connectivity index (χ4v) is 4.34. The molecule has 6 heteroatoms. The van der Waals surface area contributed by atoms with Crippen molar-refractivity contribution in [3.05, 3.63) is 59.7 Å². The van der Waals surface area contributed by atoms with Crippen molar-refractivity contribution < 1.29 is 9.59 Å². The number of amides is 3. The van der Waals surface area contributed by atoms with Crippen LogP contribution in [0, 0.1) is 12.8 Å². The summed E-state index contributed by atoms with van der Waals surface area (Å²) in [6.07, 6.45) is 4.75. The zero-order valence-electron chi connectivity index (χ0n) is 17.5. The molecule has 0 spiro atoms. The number of aryl methyl sites for hydroxylation is 1. The molecule has 1 aliphatic heterocycles. The molecule has 0 saturated heterocycles. The molecule has 1 aliphatic carbocycles. The Morgan fingerprint density at radius 2 is 1.73 bits per heavy atom. The maximum atomic E-state index is 13.2. The Kier molecular flexibility index (Phi) is 5.84. The van der Waals surface area contributed by atoms with Crippen LogP contribution in [-0.2, 0) is 4.79 Å². The number of para-hydroxylation sites is 2. The van der Waals surface area contributed by atoms with Gasteiger partial charge in [0.15, 0.2) is 0 Å². The van der Waals surface area contributed by atoms with Crippen molar-refractivity contribution in [3.63, 3.8) is 0 Å². The summed E-state index contributed by atoms with van der Waals surface area (Å²) in [6.45, 7) is 1.93. The fraction of sp³-hybridized carbons (Fsp3) is 0.375. The first-order valence-corrected chi connectivity index (χ1v) is 10.6. The van der Waals surface area contributed by atoms with Gasteiger partial charge in [0.2, 0.25) is 6.17 Å². The molecule has 3 amide bonds. The number of fused-ring (bicyclic) bond motifs is 1. The third-order valence-corrected chi connectivity index (χ3v) is 6.03. The van der Waals surface area contributed by atoms with Gasteiger partial charge >= 0.3 is 6.03 Å². The highest BCUT2D eigenvalue weighted by molar-refractivity contribution is 6.14. The summed E-state index contributed by atoms with van der Waals surface area (Å²) < 4.78 is 0. The number of benzodiazepines with no additional fused rings is 1. The summed E-state index contributed by atoms with van der Waals surface area (Å²) in [7, 11) is 1.74. The van der Waals surface area contributed by atoms with Crippen molar-refractivity contribution >= 4 is 29.0 Å². The van der Waals surface area contributed by atoms with Crippen LogP contribution in [0.5, 0.6) is 0 Å². The van der Waals surface area contributed by atoms with E-state index in [1.54, 1.807) is 11.9 Å². The van der Waals surface area contributed by atoms with Crippen molar-refractivity contribution in [1.29, 1.82) is 0 Å². The normalized spacial score (nSPS) is 19.5. The standard InChI is InChI=1S/C24H28N4O2/c1-16-10-6-8-14-19(16)25-24(30)27-22-23(29)28(2)20-15-9-7-13-18(20)21(26-22)17-11-4-3-5-12-17/h6-10,13-15,17,22H,3-5,11-12H2,1-2H3,(H2,25,27,30).